The van der Waals surface area contributed by atoms with Crippen molar-refractivity contribution in [3.05, 3.63) is 107 Å². The zero-order valence-corrected chi connectivity index (χ0v) is 56.4. The molecule has 476 valence electrons. The van der Waals surface area contributed by atoms with E-state index in [9.17, 15) is 45.1 Å². The van der Waals surface area contributed by atoms with E-state index in [1.165, 1.54) is 154 Å². The summed E-state index contributed by atoms with van der Waals surface area (Å²) in [5.74, 6) is -3.29. The minimum atomic E-state index is -4.82. The number of benzene rings is 2. The van der Waals surface area contributed by atoms with Gasteiger partial charge in [0.25, 0.3) is 0 Å². The second-order valence-electron chi connectivity index (χ2n) is 21.5. The number of rotatable bonds is 50. The predicted octanol–water partition coefficient (Wildman–Crippen LogP) is 17.8. The van der Waals surface area contributed by atoms with Gasteiger partial charge in [0, 0.05) is 0 Å². The zero-order chi connectivity index (χ0) is 61.8. The molecule has 0 aliphatic heterocycles. The van der Waals surface area contributed by atoms with E-state index in [-0.39, 0.29) is 86.4 Å². The van der Waals surface area contributed by atoms with Gasteiger partial charge in [0.05, 0.1) is 58.5 Å². The van der Waals surface area contributed by atoms with Gasteiger partial charge in [-0.1, -0.05) is 230 Å². The summed E-state index contributed by atoms with van der Waals surface area (Å²) in [4.78, 5) is 49.7. The van der Waals surface area contributed by atoms with E-state index in [4.69, 9.17) is 18.9 Å². The first-order chi connectivity index (χ1) is 40.6. The van der Waals surface area contributed by atoms with Crippen LogP contribution in [-0.4, -0.2) is 114 Å². The van der Waals surface area contributed by atoms with E-state index in [1.807, 2.05) is 24.3 Å². The maximum atomic E-state index is 12.7. The average molecular weight is 1250 g/mol. The summed E-state index contributed by atoms with van der Waals surface area (Å²) in [6.07, 6.45) is 57.1. The normalized spacial score (nSPS) is 11.7. The van der Waals surface area contributed by atoms with Crippen LogP contribution in [0.15, 0.2) is 94.8 Å². The van der Waals surface area contributed by atoms with Gasteiger partial charge in [-0.15, -0.1) is 0 Å². The molecule has 2 aromatic rings. The number of ether oxygens (including phenoxy) is 4. The van der Waals surface area contributed by atoms with Crippen molar-refractivity contribution in [2.45, 2.75) is 269 Å². The van der Waals surface area contributed by atoms with Crippen LogP contribution >= 0.6 is 0 Å². The fraction of sp³-hybridized carbons (Fsp3) is 0.647. The predicted molar refractivity (Wildman–Crippen MR) is 341 cm³/mol. The molecule has 0 aliphatic rings. The molecule has 14 nitrogen and oxygen atoms in total. The zero-order valence-electron chi connectivity index (χ0n) is 52.6. The minimum Gasteiger partial charge on any atom is -0.744 e. The molecule has 0 unspecified atom stereocenters. The van der Waals surface area contributed by atoms with Crippen LogP contribution in [0.2, 0.25) is 0 Å². The molecule has 0 aliphatic carbocycles. The maximum Gasteiger partial charge on any atom is 2.00 e. The molecule has 0 atom stereocenters. The van der Waals surface area contributed by atoms with Gasteiger partial charge >= 0.3 is 61.6 Å². The number of unbranched alkanes of at least 4 members (excludes halogenated alkanes) is 28. The molecule has 0 saturated carbocycles. The molecule has 2 rings (SSSR count). The number of allylic oxidation sites excluding steroid dienone is 4. The van der Waals surface area contributed by atoms with Gasteiger partial charge in [-0.25, -0.2) is 36.0 Å². The Labute approximate surface area is 544 Å². The number of carbonyl (C=O) groups is 4. The Morgan fingerprint density at radius 3 is 0.741 bits per heavy atom. The largest absolute Gasteiger partial charge is 2.00 e. The summed E-state index contributed by atoms with van der Waals surface area (Å²) in [6.45, 7) is 9.22. The minimum absolute atomic E-state index is 0. The van der Waals surface area contributed by atoms with E-state index in [1.54, 1.807) is 0 Å². The Balaban J connectivity index is 0.00000164. The van der Waals surface area contributed by atoms with Crippen molar-refractivity contribution in [3.63, 3.8) is 0 Å². The molecular weight excluding hydrogens is 1140 g/mol. The summed E-state index contributed by atoms with van der Waals surface area (Å²) in [5, 5.41) is 0. The van der Waals surface area contributed by atoms with Crippen molar-refractivity contribution in [3.8, 4) is 0 Å². The number of hydrogen-bond acceptors (Lipinski definition) is 14. The van der Waals surface area contributed by atoms with Crippen LogP contribution in [0.5, 0.6) is 0 Å². The second kappa shape index (κ2) is 54.5. The van der Waals surface area contributed by atoms with Gasteiger partial charge in [-0.2, -0.15) is 0 Å². The standard InChI is InChI=1S/2C34H54O7S.Ca/c2*1-3-5-7-9-11-13-15-17-19-21-23-27-40-33(35)31-26-25-30(42(37,38)39)29-32(31)34(36)41-28-24-22-20-18-16-14-12-10-8-6-4-2;/h2*19-22,25-26,29H,3-18,23-24,27-28H2,1-2H3,(H,37,38,39);/q;;+2/p-2/b2*21-19+,22-20+;. The van der Waals surface area contributed by atoms with Crippen molar-refractivity contribution in [2.24, 2.45) is 0 Å². The Hall–Kier alpha value is -3.64. The van der Waals surface area contributed by atoms with Gasteiger partial charge in [-0.3, -0.25) is 0 Å². The number of carbonyl (C=O) groups excluding carboxylic acids is 4. The number of hydrogen-bond donors (Lipinski definition) is 0. The molecule has 0 bridgehead atoms. The molecule has 0 aromatic heterocycles. The molecular formula is C68H106CaO14S2. The first kappa shape index (κ1) is 81.4. The fourth-order valence-electron chi connectivity index (χ4n) is 9.06. The van der Waals surface area contributed by atoms with E-state index < -0.39 is 53.9 Å². The molecule has 0 fully saturated rings. The average Bonchev–Trinajstić information content (AvgIpc) is 3.68. The molecule has 0 radical (unpaired) electrons. The summed E-state index contributed by atoms with van der Waals surface area (Å²) in [7, 11) is -9.64. The van der Waals surface area contributed by atoms with E-state index in [0.29, 0.717) is 25.7 Å². The van der Waals surface area contributed by atoms with Crippen LogP contribution in [-0.2, 0) is 39.2 Å². The Morgan fingerprint density at radius 2 is 0.518 bits per heavy atom. The van der Waals surface area contributed by atoms with Crippen LogP contribution in [0.25, 0.3) is 0 Å². The molecule has 0 spiro atoms. The SMILES string of the molecule is CCCCCCCCC/C=C/CCOC(=O)c1ccc(S(=O)(=O)[O-])cc1C(=O)OCC/C=C/CCCCCCCCC.CCCCCCCCC/C=C/CCOC(=O)c1ccc(S(=O)(=O)[O-])cc1C(=O)OCC/C=C/CCCCCCCCC.[Ca+2]. The van der Waals surface area contributed by atoms with Crippen LogP contribution in [0.1, 0.15) is 300 Å². The van der Waals surface area contributed by atoms with Gasteiger partial charge in [-0.05, 0) is 113 Å². The monoisotopic (exact) mass is 1250 g/mol. The Kier molecular flexibility index (Phi) is 52.2. The third-order valence-electron chi connectivity index (χ3n) is 14.1. The van der Waals surface area contributed by atoms with Crippen molar-refractivity contribution >= 4 is 81.9 Å². The van der Waals surface area contributed by atoms with E-state index >= 15 is 0 Å². The summed E-state index contributed by atoms with van der Waals surface area (Å²) in [5.41, 5.74) is -0.847. The van der Waals surface area contributed by atoms with Crippen molar-refractivity contribution < 1.29 is 64.1 Å². The molecule has 0 N–H and O–H groups in total. The third kappa shape index (κ3) is 43.6. The van der Waals surface area contributed by atoms with E-state index in [2.05, 4.69) is 52.0 Å². The fourth-order valence-corrected chi connectivity index (χ4v) is 10.1. The first-order valence-electron chi connectivity index (χ1n) is 32.1. The molecule has 0 heterocycles. The molecule has 0 saturated heterocycles. The van der Waals surface area contributed by atoms with Crippen LogP contribution in [0.3, 0.4) is 0 Å². The quantitative estimate of drug-likeness (QED) is 0.0150. The first-order valence-corrected chi connectivity index (χ1v) is 34.9. The molecule has 2 aromatic carbocycles. The van der Waals surface area contributed by atoms with Gasteiger partial charge < -0.3 is 28.1 Å². The number of esters is 4. The topological polar surface area (TPSA) is 220 Å². The Morgan fingerprint density at radius 1 is 0.318 bits per heavy atom. The van der Waals surface area contributed by atoms with E-state index in [0.717, 1.165) is 87.8 Å². The summed E-state index contributed by atoms with van der Waals surface area (Å²) < 4.78 is 90.3. The summed E-state index contributed by atoms with van der Waals surface area (Å²) >= 11 is 0. The van der Waals surface area contributed by atoms with Crippen LogP contribution < -0.4 is 0 Å². The van der Waals surface area contributed by atoms with Crippen molar-refractivity contribution in [2.75, 3.05) is 26.4 Å². The molecule has 17 heteroatoms. The van der Waals surface area contributed by atoms with Crippen molar-refractivity contribution in [1.29, 1.82) is 0 Å². The van der Waals surface area contributed by atoms with Gasteiger partial charge in [0.15, 0.2) is 0 Å². The smallest absolute Gasteiger partial charge is 0.744 e. The van der Waals surface area contributed by atoms with Gasteiger partial charge in [0.1, 0.15) is 20.2 Å². The molecule has 0 amide bonds. The molecule has 85 heavy (non-hydrogen) atoms. The third-order valence-corrected chi connectivity index (χ3v) is 15.7. The Bertz CT molecular complexity index is 2260. The van der Waals surface area contributed by atoms with Crippen LogP contribution in [0, 0.1) is 0 Å². The second-order valence-corrected chi connectivity index (χ2v) is 24.3. The maximum absolute atomic E-state index is 12.7. The van der Waals surface area contributed by atoms with Gasteiger partial charge in [0.2, 0.25) is 0 Å². The van der Waals surface area contributed by atoms with Crippen molar-refractivity contribution in [1.82, 2.24) is 0 Å². The summed E-state index contributed by atoms with van der Waals surface area (Å²) in [6, 6.07) is 6.04. The van der Waals surface area contributed by atoms with Crippen LogP contribution in [0.4, 0.5) is 0 Å².